The monoisotopic (exact) mass is 267 g/mol. The molecule has 2 rings (SSSR count). The third-order valence-corrected chi connectivity index (χ3v) is 2.85. The van der Waals surface area contributed by atoms with Gasteiger partial charge in [0.05, 0.1) is 7.05 Å². The fraction of sp³-hybridized carbons (Fsp3) is 0.417. The summed E-state index contributed by atoms with van der Waals surface area (Å²) in [7, 11) is 3.50. The number of hydrogen-bond acceptors (Lipinski definition) is 4. The van der Waals surface area contributed by atoms with Gasteiger partial charge in [-0.3, -0.25) is 0 Å². The first-order chi connectivity index (χ1) is 9.08. The molecule has 1 unspecified atom stereocenters. The second-order valence-corrected chi connectivity index (χ2v) is 4.34. The van der Waals surface area contributed by atoms with Gasteiger partial charge in [-0.2, -0.15) is 4.80 Å². The summed E-state index contributed by atoms with van der Waals surface area (Å²) in [6.45, 7) is 0. The first kappa shape index (κ1) is 13.5. The van der Waals surface area contributed by atoms with Crippen LogP contribution >= 0.6 is 0 Å². The Kier molecular flexibility index (Phi) is 4.16. The summed E-state index contributed by atoms with van der Waals surface area (Å²) in [6, 6.07) is 3.96. The molecule has 0 amide bonds. The minimum Gasteiger partial charge on any atom is -0.316 e. The molecular weight excluding hydrogens is 252 g/mol. The lowest BCUT2D eigenvalue weighted by molar-refractivity contribution is 0.501. The molecule has 2 aromatic rings. The highest BCUT2D eigenvalue weighted by atomic mass is 19.2. The van der Waals surface area contributed by atoms with Crippen molar-refractivity contribution >= 4 is 0 Å². The van der Waals surface area contributed by atoms with E-state index in [1.807, 2.05) is 0 Å². The standard InChI is InChI=1S/C12H15F2N5/c1-15-9(7-12-16-18-19(2)17-12)5-8-3-4-10(13)11(14)6-8/h3-4,6,9,15H,5,7H2,1-2H3. The minimum atomic E-state index is -0.833. The van der Waals surface area contributed by atoms with Crippen LogP contribution in [0.1, 0.15) is 11.4 Å². The van der Waals surface area contributed by atoms with Gasteiger partial charge in [-0.25, -0.2) is 8.78 Å². The molecule has 1 aromatic carbocycles. The number of nitrogens with one attached hydrogen (secondary N) is 1. The minimum absolute atomic E-state index is 0.0362. The maximum atomic E-state index is 13.1. The number of benzene rings is 1. The highest BCUT2D eigenvalue weighted by Gasteiger charge is 2.13. The van der Waals surface area contributed by atoms with Gasteiger partial charge in [-0.15, -0.1) is 10.2 Å². The summed E-state index contributed by atoms with van der Waals surface area (Å²) >= 11 is 0. The molecule has 0 fully saturated rings. The highest BCUT2D eigenvalue weighted by Crippen LogP contribution is 2.11. The van der Waals surface area contributed by atoms with Crippen molar-refractivity contribution in [3.8, 4) is 0 Å². The van der Waals surface area contributed by atoms with Gasteiger partial charge in [0.1, 0.15) is 0 Å². The zero-order chi connectivity index (χ0) is 13.8. The van der Waals surface area contributed by atoms with E-state index in [9.17, 15) is 8.78 Å². The molecule has 0 radical (unpaired) electrons. The van der Waals surface area contributed by atoms with Gasteiger partial charge in [-0.05, 0) is 36.4 Å². The van der Waals surface area contributed by atoms with E-state index in [-0.39, 0.29) is 6.04 Å². The third-order valence-electron chi connectivity index (χ3n) is 2.85. The Hall–Kier alpha value is -1.89. The van der Waals surface area contributed by atoms with Crippen molar-refractivity contribution in [1.82, 2.24) is 25.5 Å². The number of aryl methyl sites for hydroxylation is 1. The normalized spacial score (nSPS) is 12.6. The molecule has 0 saturated carbocycles. The van der Waals surface area contributed by atoms with Gasteiger partial charge in [0.2, 0.25) is 0 Å². The van der Waals surface area contributed by atoms with E-state index >= 15 is 0 Å². The molecule has 5 nitrogen and oxygen atoms in total. The van der Waals surface area contributed by atoms with Crippen LogP contribution in [0, 0.1) is 11.6 Å². The molecule has 1 atom stereocenters. The molecule has 0 saturated heterocycles. The van der Waals surface area contributed by atoms with E-state index < -0.39 is 11.6 Å². The van der Waals surface area contributed by atoms with Crippen molar-refractivity contribution in [3.05, 3.63) is 41.2 Å². The number of tetrazole rings is 1. The Bertz CT molecular complexity index is 555. The van der Waals surface area contributed by atoms with Crippen LogP contribution in [0.4, 0.5) is 8.78 Å². The maximum absolute atomic E-state index is 13.1. The van der Waals surface area contributed by atoms with E-state index in [0.717, 1.165) is 11.6 Å². The van der Waals surface area contributed by atoms with Gasteiger partial charge in [0, 0.05) is 12.5 Å². The van der Waals surface area contributed by atoms with Crippen LogP contribution in [0.3, 0.4) is 0 Å². The van der Waals surface area contributed by atoms with Gasteiger partial charge in [0.25, 0.3) is 0 Å². The molecule has 1 N–H and O–H groups in total. The van der Waals surface area contributed by atoms with Gasteiger partial charge >= 0.3 is 0 Å². The van der Waals surface area contributed by atoms with Crippen LogP contribution in [-0.4, -0.2) is 33.3 Å². The van der Waals surface area contributed by atoms with Crippen molar-refractivity contribution in [3.63, 3.8) is 0 Å². The van der Waals surface area contributed by atoms with Crippen LogP contribution in [-0.2, 0) is 19.9 Å². The maximum Gasteiger partial charge on any atom is 0.176 e. The number of aromatic nitrogens is 4. The van der Waals surface area contributed by atoms with Crippen LogP contribution in [0.25, 0.3) is 0 Å². The van der Waals surface area contributed by atoms with E-state index in [1.54, 1.807) is 20.2 Å². The van der Waals surface area contributed by atoms with Crippen molar-refractivity contribution in [2.45, 2.75) is 18.9 Å². The third kappa shape index (κ3) is 3.54. The zero-order valence-electron chi connectivity index (χ0n) is 10.8. The van der Waals surface area contributed by atoms with E-state index in [1.165, 1.54) is 10.9 Å². The van der Waals surface area contributed by atoms with Crippen LogP contribution in [0.5, 0.6) is 0 Å². The fourth-order valence-corrected chi connectivity index (χ4v) is 1.85. The smallest absolute Gasteiger partial charge is 0.176 e. The molecule has 19 heavy (non-hydrogen) atoms. The largest absolute Gasteiger partial charge is 0.316 e. The van der Waals surface area contributed by atoms with Crippen LogP contribution in [0.15, 0.2) is 18.2 Å². The van der Waals surface area contributed by atoms with Crippen molar-refractivity contribution in [2.75, 3.05) is 7.05 Å². The summed E-state index contributed by atoms with van der Waals surface area (Å²) < 4.78 is 26.0. The van der Waals surface area contributed by atoms with Gasteiger partial charge in [0.15, 0.2) is 17.5 Å². The predicted octanol–water partition coefficient (Wildman–Crippen LogP) is 0.861. The van der Waals surface area contributed by atoms with Crippen molar-refractivity contribution in [1.29, 1.82) is 0 Å². The predicted molar refractivity (Wildman–Crippen MR) is 65.4 cm³/mol. The SMILES string of the molecule is CNC(Cc1ccc(F)c(F)c1)Cc1nnn(C)n1. The molecule has 0 bridgehead atoms. The second-order valence-electron chi connectivity index (χ2n) is 4.34. The molecule has 1 aromatic heterocycles. The molecule has 0 aliphatic rings. The molecule has 7 heteroatoms. The lowest BCUT2D eigenvalue weighted by Gasteiger charge is -2.14. The van der Waals surface area contributed by atoms with Gasteiger partial charge in [-0.1, -0.05) is 6.07 Å². The zero-order valence-corrected chi connectivity index (χ0v) is 10.8. The summed E-state index contributed by atoms with van der Waals surface area (Å²) in [5.41, 5.74) is 0.724. The van der Waals surface area contributed by atoms with Crippen LogP contribution in [0.2, 0.25) is 0 Å². The molecule has 0 aliphatic heterocycles. The van der Waals surface area contributed by atoms with E-state index in [2.05, 4.69) is 20.7 Å². The Morgan fingerprint density at radius 3 is 2.63 bits per heavy atom. The molecule has 1 heterocycles. The van der Waals surface area contributed by atoms with Gasteiger partial charge < -0.3 is 5.32 Å². The number of hydrogen-bond donors (Lipinski definition) is 1. The first-order valence-corrected chi connectivity index (χ1v) is 5.92. The number of nitrogens with zero attached hydrogens (tertiary/aromatic N) is 4. The average molecular weight is 267 g/mol. The van der Waals surface area contributed by atoms with E-state index in [0.29, 0.717) is 18.7 Å². The quantitative estimate of drug-likeness (QED) is 0.873. The Balaban J connectivity index is 2.04. The lowest BCUT2D eigenvalue weighted by atomic mass is 10.0. The summed E-state index contributed by atoms with van der Waals surface area (Å²) in [5.74, 6) is -1.05. The number of likely N-dealkylation sites (N-methyl/N-ethyl adjacent to an activating group) is 1. The molecule has 0 aliphatic carbocycles. The Labute approximate surface area is 109 Å². The number of halogens is 2. The average Bonchev–Trinajstić information content (AvgIpc) is 2.78. The van der Waals surface area contributed by atoms with E-state index in [4.69, 9.17) is 0 Å². The van der Waals surface area contributed by atoms with Crippen molar-refractivity contribution < 1.29 is 8.78 Å². The lowest BCUT2D eigenvalue weighted by Crippen LogP contribution is -2.30. The second kappa shape index (κ2) is 5.83. The number of rotatable bonds is 5. The summed E-state index contributed by atoms with van der Waals surface area (Å²) in [4.78, 5) is 1.39. The highest BCUT2D eigenvalue weighted by molar-refractivity contribution is 5.19. The first-order valence-electron chi connectivity index (χ1n) is 5.92. The Morgan fingerprint density at radius 2 is 2.05 bits per heavy atom. The van der Waals surface area contributed by atoms with Crippen LogP contribution < -0.4 is 5.32 Å². The summed E-state index contributed by atoms with van der Waals surface area (Å²) in [5, 5.41) is 14.9. The topological polar surface area (TPSA) is 55.6 Å². The Morgan fingerprint density at radius 1 is 1.26 bits per heavy atom. The molecule has 102 valence electrons. The fourth-order valence-electron chi connectivity index (χ4n) is 1.85. The molecular formula is C12H15F2N5. The molecule has 0 spiro atoms. The summed E-state index contributed by atoms with van der Waals surface area (Å²) in [6.07, 6.45) is 1.13. The van der Waals surface area contributed by atoms with Crippen molar-refractivity contribution in [2.24, 2.45) is 7.05 Å².